The zero-order chi connectivity index (χ0) is 11.4. The third-order valence-electron chi connectivity index (χ3n) is 3.25. The number of pyridine rings is 1. The molecule has 4 heteroatoms. The van der Waals surface area contributed by atoms with E-state index in [2.05, 4.69) is 10.3 Å². The van der Waals surface area contributed by atoms with Crippen LogP contribution in [0.15, 0.2) is 18.5 Å². The molecule has 0 atom stereocenters. The molecule has 0 aliphatic heterocycles. The van der Waals surface area contributed by atoms with Crippen LogP contribution in [0.5, 0.6) is 0 Å². The summed E-state index contributed by atoms with van der Waals surface area (Å²) in [5, 5.41) is 3.98. The van der Waals surface area contributed by atoms with Crippen LogP contribution in [0.3, 0.4) is 0 Å². The first kappa shape index (κ1) is 11.7. The van der Waals surface area contributed by atoms with E-state index in [9.17, 15) is 0 Å². The summed E-state index contributed by atoms with van der Waals surface area (Å²) >= 11 is 6.02. The maximum absolute atomic E-state index is 6.34. The number of halogens is 1. The zero-order valence-electron chi connectivity index (χ0n) is 9.38. The largest absolute Gasteiger partial charge is 0.382 e. The second-order valence-corrected chi connectivity index (χ2v) is 5.04. The van der Waals surface area contributed by atoms with E-state index < -0.39 is 0 Å². The number of anilines is 1. The van der Waals surface area contributed by atoms with Gasteiger partial charge in [-0.1, -0.05) is 30.9 Å². The predicted octanol–water partition coefficient (Wildman–Crippen LogP) is 2.81. The lowest BCUT2D eigenvalue weighted by atomic mass is 9.82. The molecule has 0 unspecified atom stereocenters. The Labute approximate surface area is 101 Å². The van der Waals surface area contributed by atoms with Crippen molar-refractivity contribution in [3.8, 4) is 0 Å². The number of aromatic nitrogens is 1. The van der Waals surface area contributed by atoms with Crippen LogP contribution in [-0.4, -0.2) is 17.1 Å². The Bertz CT molecular complexity index is 348. The summed E-state index contributed by atoms with van der Waals surface area (Å²) in [5.41, 5.74) is 7.19. The molecule has 1 saturated carbocycles. The number of nitrogens with two attached hydrogens (primary N) is 1. The third-order valence-corrected chi connectivity index (χ3v) is 3.55. The van der Waals surface area contributed by atoms with Gasteiger partial charge in [0.05, 0.1) is 10.7 Å². The summed E-state index contributed by atoms with van der Waals surface area (Å²) in [6.45, 7) is 0.788. The van der Waals surface area contributed by atoms with Crippen LogP contribution >= 0.6 is 11.6 Å². The van der Waals surface area contributed by atoms with Gasteiger partial charge >= 0.3 is 0 Å². The minimum absolute atomic E-state index is 0.0646. The van der Waals surface area contributed by atoms with Crippen LogP contribution < -0.4 is 11.1 Å². The Kier molecular flexibility index (Phi) is 3.66. The lowest BCUT2D eigenvalue weighted by Gasteiger charge is -2.33. The molecule has 16 heavy (non-hydrogen) atoms. The highest BCUT2D eigenvalue weighted by molar-refractivity contribution is 6.33. The molecule has 0 amide bonds. The average Bonchev–Trinajstić information content (AvgIpc) is 2.29. The van der Waals surface area contributed by atoms with Crippen LogP contribution in [-0.2, 0) is 0 Å². The second kappa shape index (κ2) is 5.02. The van der Waals surface area contributed by atoms with Crippen molar-refractivity contribution in [2.45, 2.75) is 37.6 Å². The molecule has 2 rings (SSSR count). The fourth-order valence-electron chi connectivity index (χ4n) is 2.22. The van der Waals surface area contributed by atoms with E-state index in [0.717, 1.165) is 25.1 Å². The number of hydrogen-bond donors (Lipinski definition) is 2. The minimum atomic E-state index is -0.0646. The number of nitrogens with one attached hydrogen (secondary N) is 1. The molecule has 0 aromatic carbocycles. The van der Waals surface area contributed by atoms with Crippen molar-refractivity contribution < 1.29 is 0 Å². The van der Waals surface area contributed by atoms with Gasteiger partial charge in [0.25, 0.3) is 0 Å². The van der Waals surface area contributed by atoms with Crippen molar-refractivity contribution >= 4 is 17.3 Å². The number of nitrogens with zero attached hydrogens (tertiary/aromatic N) is 1. The van der Waals surface area contributed by atoms with Crippen molar-refractivity contribution in [1.82, 2.24) is 4.98 Å². The molecule has 1 aromatic rings. The van der Waals surface area contributed by atoms with Gasteiger partial charge in [0.1, 0.15) is 0 Å². The van der Waals surface area contributed by atoms with E-state index in [1.54, 1.807) is 12.4 Å². The monoisotopic (exact) mass is 239 g/mol. The van der Waals surface area contributed by atoms with E-state index in [-0.39, 0.29) is 5.54 Å². The quantitative estimate of drug-likeness (QED) is 0.853. The van der Waals surface area contributed by atoms with Gasteiger partial charge in [-0.25, -0.2) is 0 Å². The molecule has 3 nitrogen and oxygen atoms in total. The molecule has 0 bridgehead atoms. The lowest BCUT2D eigenvalue weighted by molar-refractivity contribution is 0.311. The molecule has 1 aromatic heterocycles. The smallest absolute Gasteiger partial charge is 0.0820 e. The van der Waals surface area contributed by atoms with Crippen LogP contribution in [0.4, 0.5) is 5.69 Å². The Morgan fingerprint density at radius 2 is 2.12 bits per heavy atom. The molecule has 0 spiro atoms. The Morgan fingerprint density at radius 1 is 1.38 bits per heavy atom. The minimum Gasteiger partial charge on any atom is -0.382 e. The fourth-order valence-corrected chi connectivity index (χ4v) is 2.41. The Balaban J connectivity index is 1.94. The van der Waals surface area contributed by atoms with Gasteiger partial charge in [0, 0.05) is 24.5 Å². The summed E-state index contributed by atoms with van der Waals surface area (Å²) < 4.78 is 0. The van der Waals surface area contributed by atoms with Gasteiger partial charge in [-0.2, -0.15) is 0 Å². The van der Waals surface area contributed by atoms with E-state index in [1.807, 2.05) is 6.07 Å². The van der Waals surface area contributed by atoms with Gasteiger partial charge in [-0.15, -0.1) is 0 Å². The van der Waals surface area contributed by atoms with E-state index >= 15 is 0 Å². The topological polar surface area (TPSA) is 50.9 Å². The van der Waals surface area contributed by atoms with Crippen LogP contribution in [0.25, 0.3) is 0 Å². The highest BCUT2D eigenvalue weighted by Gasteiger charge is 2.27. The molecule has 1 aliphatic rings. The molecule has 1 fully saturated rings. The molecular weight excluding hydrogens is 222 g/mol. The second-order valence-electron chi connectivity index (χ2n) is 4.63. The van der Waals surface area contributed by atoms with E-state index in [4.69, 9.17) is 17.3 Å². The maximum Gasteiger partial charge on any atom is 0.0820 e. The normalized spacial score (nSPS) is 19.4. The summed E-state index contributed by atoms with van der Waals surface area (Å²) in [6, 6.07) is 1.88. The highest BCUT2D eigenvalue weighted by atomic mass is 35.5. The zero-order valence-corrected chi connectivity index (χ0v) is 10.1. The molecule has 3 N–H and O–H groups in total. The van der Waals surface area contributed by atoms with Crippen LogP contribution in [0.1, 0.15) is 32.1 Å². The van der Waals surface area contributed by atoms with Crippen LogP contribution in [0.2, 0.25) is 5.02 Å². The summed E-state index contributed by atoms with van der Waals surface area (Å²) in [7, 11) is 0. The fraction of sp³-hybridized carbons (Fsp3) is 0.583. The van der Waals surface area contributed by atoms with Gasteiger partial charge in [0.2, 0.25) is 0 Å². The summed E-state index contributed by atoms with van der Waals surface area (Å²) in [6.07, 6.45) is 9.37. The van der Waals surface area contributed by atoms with Gasteiger partial charge in [-0.3, -0.25) is 4.98 Å². The van der Waals surface area contributed by atoms with Gasteiger partial charge in [-0.05, 0) is 18.9 Å². The molecule has 0 radical (unpaired) electrons. The molecule has 0 saturated heterocycles. The average molecular weight is 240 g/mol. The lowest BCUT2D eigenvalue weighted by Crippen LogP contribution is -2.47. The first-order valence-corrected chi connectivity index (χ1v) is 6.20. The number of rotatable bonds is 3. The Morgan fingerprint density at radius 3 is 2.81 bits per heavy atom. The standard InChI is InChI=1S/C12H18ClN3/c13-10-8-15-7-4-11(10)16-9-12(14)5-2-1-3-6-12/h4,7-8H,1-3,5-6,9,14H2,(H,15,16). The van der Waals surface area contributed by atoms with E-state index in [0.29, 0.717) is 5.02 Å². The van der Waals surface area contributed by atoms with Crippen molar-refractivity contribution in [2.75, 3.05) is 11.9 Å². The molecular formula is C12H18ClN3. The first-order valence-electron chi connectivity index (χ1n) is 5.82. The Hall–Kier alpha value is -0.800. The summed E-state index contributed by atoms with van der Waals surface area (Å²) in [5.74, 6) is 0. The summed E-state index contributed by atoms with van der Waals surface area (Å²) in [4.78, 5) is 3.95. The first-order chi connectivity index (χ1) is 7.70. The third kappa shape index (κ3) is 2.86. The SMILES string of the molecule is NC1(CNc2ccncc2Cl)CCCCC1. The van der Waals surface area contributed by atoms with Gasteiger partial charge < -0.3 is 11.1 Å². The van der Waals surface area contributed by atoms with Crippen molar-refractivity contribution in [3.05, 3.63) is 23.5 Å². The highest BCUT2D eigenvalue weighted by Crippen LogP contribution is 2.27. The molecule has 1 aliphatic carbocycles. The van der Waals surface area contributed by atoms with Crippen LogP contribution in [0, 0.1) is 0 Å². The van der Waals surface area contributed by atoms with E-state index in [1.165, 1.54) is 19.3 Å². The van der Waals surface area contributed by atoms with Crippen molar-refractivity contribution in [1.29, 1.82) is 0 Å². The molecule has 88 valence electrons. The van der Waals surface area contributed by atoms with Gasteiger partial charge in [0.15, 0.2) is 0 Å². The van der Waals surface area contributed by atoms with Crippen molar-refractivity contribution in [3.63, 3.8) is 0 Å². The number of hydrogen-bond acceptors (Lipinski definition) is 3. The molecule has 1 heterocycles. The predicted molar refractivity (Wildman–Crippen MR) is 67.7 cm³/mol. The van der Waals surface area contributed by atoms with Crippen molar-refractivity contribution in [2.24, 2.45) is 5.73 Å². The maximum atomic E-state index is 6.34.